The summed E-state index contributed by atoms with van der Waals surface area (Å²) >= 11 is 0. The quantitative estimate of drug-likeness (QED) is 0.646. The van der Waals surface area contributed by atoms with Crippen molar-refractivity contribution >= 4 is 33.3 Å². The van der Waals surface area contributed by atoms with Crippen LogP contribution in [0.15, 0.2) is 47.4 Å². The Bertz CT molecular complexity index is 1060. The zero-order chi connectivity index (χ0) is 22.6. The first-order valence-corrected chi connectivity index (χ1v) is 11.2. The molecule has 1 amide bonds. The Morgan fingerprint density at radius 2 is 1.58 bits per heavy atom. The minimum atomic E-state index is -3.78. The van der Waals surface area contributed by atoms with Crippen molar-refractivity contribution < 1.29 is 22.7 Å². The first kappa shape index (κ1) is 22.7. The molecule has 1 aliphatic rings. The highest BCUT2D eigenvalue weighted by Crippen LogP contribution is 2.28. The molecule has 10 heteroatoms. The molecule has 3 rings (SSSR count). The first-order chi connectivity index (χ1) is 14.7. The summed E-state index contributed by atoms with van der Waals surface area (Å²) in [5, 5.41) is 2.72. The number of ether oxygens (including phenoxy) is 1. The fraction of sp³-hybridized carbons (Fsp3) is 0.333. The van der Waals surface area contributed by atoms with E-state index in [1.165, 1.54) is 32.4 Å². The van der Waals surface area contributed by atoms with Gasteiger partial charge in [-0.1, -0.05) is 0 Å². The SMILES string of the molecule is CNS(=O)(=O)c1cc(C(=O)Nc2ccc(C(=O)OC)cc2)ccc1N1CCN(C)CC1. The molecule has 1 saturated heterocycles. The second-order valence-electron chi connectivity index (χ2n) is 7.20. The maximum Gasteiger partial charge on any atom is 0.337 e. The average Bonchev–Trinajstić information content (AvgIpc) is 2.79. The molecule has 1 fully saturated rings. The van der Waals surface area contributed by atoms with Gasteiger partial charge < -0.3 is 19.9 Å². The maximum atomic E-state index is 12.7. The summed E-state index contributed by atoms with van der Waals surface area (Å²) < 4.78 is 32.3. The van der Waals surface area contributed by atoms with Crippen LogP contribution in [0.2, 0.25) is 0 Å². The molecule has 0 spiro atoms. The number of carbonyl (C=O) groups excluding carboxylic acids is 2. The molecule has 0 unspecified atom stereocenters. The van der Waals surface area contributed by atoms with Crippen molar-refractivity contribution in [2.45, 2.75) is 4.90 Å². The normalized spacial score (nSPS) is 14.9. The van der Waals surface area contributed by atoms with Gasteiger partial charge in [0.25, 0.3) is 5.91 Å². The Morgan fingerprint density at radius 3 is 2.16 bits per heavy atom. The molecular formula is C21H26N4O5S. The Labute approximate surface area is 182 Å². The van der Waals surface area contributed by atoms with Crippen LogP contribution >= 0.6 is 0 Å². The standard InChI is InChI=1S/C21H26N4O5S/c1-22-31(28,29)19-14-16(6-9-18(19)25-12-10-24(2)11-13-25)20(26)23-17-7-4-15(5-8-17)21(27)30-3/h4-9,14,22H,10-13H2,1-3H3,(H,23,26). The number of methoxy groups -OCH3 is 1. The molecular weight excluding hydrogens is 420 g/mol. The van der Waals surface area contributed by atoms with E-state index in [2.05, 4.69) is 19.7 Å². The van der Waals surface area contributed by atoms with Crippen molar-refractivity contribution in [3.05, 3.63) is 53.6 Å². The van der Waals surface area contributed by atoms with Crippen molar-refractivity contribution in [2.24, 2.45) is 0 Å². The Morgan fingerprint density at radius 1 is 0.968 bits per heavy atom. The lowest BCUT2D eigenvalue weighted by atomic mass is 10.1. The molecule has 0 saturated carbocycles. The third kappa shape index (κ3) is 5.22. The molecule has 31 heavy (non-hydrogen) atoms. The monoisotopic (exact) mass is 446 g/mol. The van der Waals surface area contributed by atoms with Gasteiger partial charge in [-0.05, 0) is 56.6 Å². The van der Waals surface area contributed by atoms with Crippen molar-refractivity contribution in [1.82, 2.24) is 9.62 Å². The van der Waals surface area contributed by atoms with E-state index in [9.17, 15) is 18.0 Å². The summed E-state index contributed by atoms with van der Waals surface area (Å²) in [6, 6.07) is 10.9. The number of nitrogens with one attached hydrogen (secondary N) is 2. The predicted molar refractivity (Wildman–Crippen MR) is 118 cm³/mol. The van der Waals surface area contributed by atoms with Gasteiger partial charge in [0.15, 0.2) is 0 Å². The Hall–Kier alpha value is -2.95. The molecule has 0 atom stereocenters. The van der Waals surface area contributed by atoms with Crippen molar-refractivity contribution in [2.75, 3.05) is 57.6 Å². The number of hydrogen-bond donors (Lipinski definition) is 2. The molecule has 2 aromatic carbocycles. The summed E-state index contributed by atoms with van der Waals surface area (Å²) in [4.78, 5) is 28.5. The summed E-state index contributed by atoms with van der Waals surface area (Å²) in [6.45, 7) is 3.04. The van der Waals surface area contributed by atoms with Crippen LogP contribution in [-0.2, 0) is 14.8 Å². The number of rotatable bonds is 6. The van der Waals surface area contributed by atoms with Crippen molar-refractivity contribution in [1.29, 1.82) is 0 Å². The molecule has 166 valence electrons. The third-order valence-electron chi connectivity index (χ3n) is 5.19. The molecule has 0 aromatic heterocycles. The number of benzene rings is 2. The van der Waals surface area contributed by atoms with Gasteiger partial charge in [-0.25, -0.2) is 17.9 Å². The second-order valence-corrected chi connectivity index (χ2v) is 9.06. The highest BCUT2D eigenvalue weighted by Gasteiger charge is 2.24. The van der Waals surface area contributed by atoms with Crippen LogP contribution in [-0.4, -0.2) is 72.6 Å². The number of hydrogen-bond acceptors (Lipinski definition) is 7. The van der Waals surface area contributed by atoms with Gasteiger partial charge >= 0.3 is 5.97 Å². The molecule has 0 bridgehead atoms. The highest BCUT2D eigenvalue weighted by atomic mass is 32.2. The fourth-order valence-corrected chi connectivity index (χ4v) is 4.27. The lowest BCUT2D eigenvalue weighted by molar-refractivity contribution is 0.0600. The zero-order valence-electron chi connectivity index (χ0n) is 17.7. The van der Waals surface area contributed by atoms with Gasteiger partial charge in [0.05, 0.1) is 18.4 Å². The zero-order valence-corrected chi connectivity index (χ0v) is 18.5. The number of carbonyl (C=O) groups is 2. The second kappa shape index (κ2) is 9.46. The molecule has 1 aliphatic heterocycles. The van der Waals surface area contributed by atoms with Crippen LogP contribution in [0.25, 0.3) is 0 Å². The molecule has 2 aromatic rings. The van der Waals surface area contributed by atoms with E-state index < -0.39 is 21.9 Å². The Balaban J connectivity index is 1.86. The first-order valence-electron chi connectivity index (χ1n) is 9.76. The summed E-state index contributed by atoms with van der Waals surface area (Å²) in [5.41, 5.74) is 1.61. The van der Waals surface area contributed by atoms with E-state index in [-0.39, 0.29) is 10.5 Å². The van der Waals surface area contributed by atoms with Crippen molar-refractivity contribution in [3.8, 4) is 0 Å². The van der Waals surface area contributed by atoms with Gasteiger partial charge in [-0.3, -0.25) is 4.79 Å². The molecule has 9 nitrogen and oxygen atoms in total. The number of amides is 1. The fourth-order valence-electron chi connectivity index (χ4n) is 3.30. The Kier molecular flexibility index (Phi) is 6.94. The van der Waals surface area contributed by atoms with E-state index in [1.807, 2.05) is 11.9 Å². The topological polar surface area (TPSA) is 108 Å². The third-order valence-corrected chi connectivity index (χ3v) is 6.63. The van der Waals surface area contributed by atoms with Gasteiger partial charge in [0, 0.05) is 37.4 Å². The number of piperazine rings is 1. The van der Waals surface area contributed by atoms with Crippen LogP contribution in [0.4, 0.5) is 11.4 Å². The lowest BCUT2D eigenvalue weighted by Crippen LogP contribution is -2.45. The summed E-state index contributed by atoms with van der Waals surface area (Å²) in [7, 11) is 0.884. The smallest absolute Gasteiger partial charge is 0.337 e. The van der Waals surface area contributed by atoms with Gasteiger partial charge in [-0.15, -0.1) is 0 Å². The van der Waals surface area contributed by atoms with Crippen LogP contribution in [0.5, 0.6) is 0 Å². The van der Waals surface area contributed by atoms with Crippen LogP contribution in [0.3, 0.4) is 0 Å². The van der Waals surface area contributed by atoms with E-state index in [4.69, 9.17) is 0 Å². The molecule has 1 heterocycles. The average molecular weight is 447 g/mol. The highest BCUT2D eigenvalue weighted by molar-refractivity contribution is 7.89. The predicted octanol–water partition coefficient (Wildman–Crippen LogP) is 1.39. The number of sulfonamides is 1. The number of nitrogens with zero attached hydrogens (tertiary/aromatic N) is 2. The largest absolute Gasteiger partial charge is 0.465 e. The van der Waals surface area contributed by atoms with Gasteiger partial charge in [0.1, 0.15) is 4.90 Å². The van der Waals surface area contributed by atoms with E-state index in [0.717, 1.165) is 13.1 Å². The lowest BCUT2D eigenvalue weighted by Gasteiger charge is -2.35. The minimum Gasteiger partial charge on any atom is -0.465 e. The summed E-state index contributed by atoms with van der Waals surface area (Å²) in [5.74, 6) is -0.928. The molecule has 0 radical (unpaired) electrons. The van der Waals surface area contributed by atoms with Crippen molar-refractivity contribution in [3.63, 3.8) is 0 Å². The number of likely N-dealkylation sites (N-methyl/N-ethyl adjacent to an activating group) is 1. The van der Waals surface area contributed by atoms with Crippen LogP contribution in [0.1, 0.15) is 20.7 Å². The van der Waals surface area contributed by atoms with Crippen LogP contribution in [0, 0.1) is 0 Å². The van der Waals surface area contributed by atoms with E-state index in [0.29, 0.717) is 30.0 Å². The number of esters is 1. The minimum absolute atomic E-state index is 0.0632. The molecule has 0 aliphatic carbocycles. The maximum absolute atomic E-state index is 12.7. The van der Waals surface area contributed by atoms with Crippen LogP contribution < -0.4 is 14.9 Å². The molecule has 2 N–H and O–H groups in total. The van der Waals surface area contributed by atoms with Gasteiger partial charge in [0.2, 0.25) is 10.0 Å². The summed E-state index contributed by atoms with van der Waals surface area (Å²) in [6.07, 6.45) is 0. The number of anilines is 2. The van der Waals surface area contributed by atoms with Gasteiger partial charge in [-0.2, -0.15) is 0 Å². The van der Waals surface area contributed by atoms with E-state index >= 15 is 0 Å². The van der Waals surface area contributed by atoms with E-state index in [1.54, 1.807) is 24.3 Å².